The first kappa shape index (κ1) is 20.9. The summed E-state index contributed by atoms with van der Waals surface area (Å²) in [5.41, 5.74) is 0.617. The second-order valence-corrected chi connectivity index (χ2v) is 6.50. The Morgan fingerprint density at radius 2 is 1.79 bits per heavy atom. The number of nitrogens with zero attached hydrogens (tertiary/aromatic N) is 1. The van der Waals surface area contributed by atoms with E-state index in [2.05, 4.69) is 12.2 Å². The predicted molar refractivity (Wildman–Crippen MR) is 100 cm³/mol. The summed E-state index contributed by atoms with van der Waals surface area (Å²) >= 11 is 5.81. The molecule has 1 aromatic rings. The SMILES string of the molecule is CCNCC1CCN(C(=O)CCC(=O)c2ccc(Cl)cc2)CC1.Cl. The average Bonchev–Trinajstić information content (AvgIpc) is 2.58. The summed E-state index contributed by atoms with van der Waals surface area (Å²) in [6, 6.07) is 6.82. The van der Waals surface area contributed by atoms with Gasteiger partial charge in [-0.25, -0.2) is 0 Å². The molecule has 1 fully saturated rings. The number of amides is 1. The number of Topliss-reactive ketones (excluding diaryl/α,β-unsaturated/α-hetero) is 1. The minimum atomic E-state index is -0.00273. The Balaban J connectivity index is 0.00000288. The minimum Gasteiger partial charge on any atom is -0.343 e. The van der Waals surface area contributed by atoms with Crippen LogP contribution in [-0.4, -0.2) is 42.8 Å². The molecule has 1 N–H and O–H groups in total. The minimum absolute atomic E-state index is 0. The lowest BCUT2D eigenvalue weighted by Gasteiger charge is -2.32. The topological polar surface area (TPSA) is 49.4 Å². The number of nitrogens with one attached hydrogen (secondary N) is 1. The number of halogens is 2. The van der Waals surface area contributed by atoms with E-state index >= 15 is 0 Å². The van der Waals surface area contributed by atoms with Gasteiger partial charge in [-0.2, -0.15) is 0 Å². The fourth-order valence-electron chi connectivity index (χ4n) is 2.89. The summed E-state index contributed by atoms with van der Waals surface area (Å²) in [5.74, 6) is 0.751. The van der Waals surface area contributed by atoms with E-state index in [0.29, 0.717) is 22.9 Å². The number of rotatable bonds is 7. The monoisotopic (exact) mass is 372 g/mol. The maximum atomic E-state index is 12.2. The molecule has 0 atom stereocenters. The lowest BCUT2D eigenvalue weighted by atomic mass is 9.96. The molecule has 0 bridgehead atoms. The smallest absolute Gasteiger partial charge is 0.223 e. The number of likely N-dealkylation sites (tertiary alicyclic amines) is 1. The fraction of sp³-hybridized carbons (Fsp3) is 0.556. The maximum Gasteiger partial charge on any atom is 0.223 e. The van der Waals surface area contributed by atoms with Crippen LogP contribution < -0.4 is 5.32 Å². The van der Waals surface area contributed by atoms with Gasteiger partial charge in [-0.05, 0) is 56.1 Å². The summed E-state index contributed by atoms with van der Waals surface area (Å²) < 4.78 is 0. The van der Waals surface area contributed by atoms with Gasteiger partial charge in [0.25, 0.3) is 0 Å². The zero-order chi connectivity index (χ0) is 16.7. The van der Waals surface area contributed by atoms with Gasteiger partial charge in [0.15, 0.2) is 5.78 Å². The number of carbonyl (C=O) groups is 2. The molecule has 6 heteroatoms. The molecule has 134 valence electrons. The van der Waals surface area contributed by atoms with Gasteiger partial charge >= 0.3 is 0 Å². The van der Waals surface area contributed by atoms with Gasteiger partial charge in [0, 0.05) is 36.5 Å². The van der Waals surface area contributed by atoms with Gasteiger partial charge in [0.1, 0.15) is 0 Å². The third-order valence-corrected chi connectivity index (χ3v) is 4.63. The molecule has 0 unspecified atom stereocenters. The molecular weight excluding hydrogens is 347 g/mol. The number of piperidine rings is 1. The summed E-state index contributed by atoms with van der Waals surface area (Å²) in [7, 11) is 0. The van der Waals surface area contributed by atoms with E-state index in [1.807, 2.05) is 4.90 Å². The third kappa shape index (κ3) is 6.42. The Labute approximate surface area is 155 Å². The molecule has 1 amide bonds. The predicted octanol–water partition coefficient (Wildman–Crippen LogP) is 3.57. The quantitative estimate of drug-likeness (QED) is 0.744. The summed E-state index contributed by atoms with van der Waals surface area (Å²) in [6.07, 6.45) is 2.64. The van der Waals surface area contributed by atoms with Crippen LogP contribution in [0.25, 0.3) is 0 Å². The Bertz CT molecular complexity index is 526. The first-order chi connectivity index (χ1) is 11.1. The van der Waals surface area contributed by atoms with Gasteiger partial charge in [0.2, 0.25) is 5.91 Å². The molecule has 1 saturated heterocycles. The van der Waals surface area contributed by atoms with Gasteiger partial charge in [-0.3, -0.25) is 9.59 Å². The molecule has 2 rings (SSSR count). The Morgan fingerprint density at radius 3 is 2.38 bits per heavy atom. The van der Waals surface area contributed by atoms with Crippen molar-refractivity contribution in [3.63, 3.8) is 0 Å². The fourth-order valence-corrected chi connectivity index (χ4v) is 3.02. The van der Waals surface area contributed by atoms with E-state index in [1.165, 1.54) is 0 Å². The molecule has 0 spiro atoms. The highest BCUT2D eigenvalue weighted by atomic mass is 35.5. The van der Waals surface area contributed by atoms with Crippen molar-refractivity contribution in [1.82, 2.24) is 10.2 Å². The van der Waals surface area contributed by atoms with Gasteiger partial charge in [-0.1, -0.05) is 18.5 Å². The molecule has 1 heterocycles. The van der Waals surface area contributed by atoms with Gasteiger partial charge in [0.05, 0.1) is 0 Å². The van der Waals surface area contributed by atoms with E-state index in [4.69, 9.17) is 11.6 Å². The first-order valence-corrected chi connectivity index (χ1v) is 8.75. The number of benzene rings is 1. The lowest BCUT2D eigenvalue weighted by Crippen LogP contribution is -2.40. The van der Waals surface area contributed by atoms with Crippen molar-refractivity contribution in [2.75, 3.05) is 26.2 Å². The average molecular weight is 373 g/mol. The zero-order valence-corrected chi connectivity index (χ0v) is 15.7. The second-order valence-electron chi connectivity index (χ2n) is 6.06. The molecule has 24 heavy (non-hydrogen) atoms. The van der Waals surface area contributed by atoms with Crippen molar-refractivity contribution in [2.45, 2.75) is 32.6 Å². The van der Waals surface area contributed by atoms with Crippen LogP contribution in [0.1, 0.15) is 43.0 Å². The van der Waals surface area contributed by atoms with Crippen LogP contribution in [0.4, 0.5) is 0 Å². The van der Waals surface area contributed by atoms with Crippen LogP contribution in [0.15, 0.2) is 24.3 Å². The van der Waals surface area contributed by atoms with E-state index < -0.39 is 0 Å². The van der Waals surface area contributed by atoms with Crippen molar-refractivity contribution >= 4 is 35.7 Å². The standard InChI is InChI=1S/C18H25ClN2O2.ClH/c1-2-20-13-14-9-11-21(12-10-14)18(23)8-7-17(22)15-3-5-16(19)6-4-15;/h3-6,14,20H,2,7-13H2,1H3;1H. The molecule has 1 aliphatic rings. The highest BCUT2D eigenvalue weighted by Gasteiger charge is 2.22. The normalized spacial score (nSPS) is 15.0. The van der Waals surface area contributed by atoms with Crippen LogP contribution in [-0.2, 0) is 4.79 Å². The molecule has 1 aromatic carbocycles. The van der Waals surface area contributed by atoms with Crippen molar-refractivity contribution in [2.24, 2.45) is 5.92 Å². The second kappa shape index (κ2) is 10.7. The molecule has 0 saturated carbocycles. The van der Waals surface area contributed by atoms with E-state index in [-0.39, 0.29) is 30.5 Å². The van der Waals surface area contributed by atoms with Crippen LogP contribution in [0.3, 0.4) is 0 Å². The number of carbonyl (C=O) groups excluding carboxylic acids is 2. The van der Waals surface area contributed by atoms with Crippen molar-refractivity contribution < 1.29 is 9.59 Å². The van der Waals surface area contributed by atoms with Crippen LogP contribution >= 0.6 is 24.0 Å². The molecule has 0 aliphatic carbocycles. The molecular formula is C18H26Cl2N2O2. The van der Waals surface area contributed by atoms with E-state index in [1.54, 1.807) is 24.3 Å². The highest BCUT2D eigenvalue weighted by molar-refractivity contribution is 6.30. The van der Waals surface area contributed by atoms with Gasteiger partial charge in [-0.15, -0.1) is 12.4 Å². The van der Waals surface area contributed by atoms with E-state index in [9.17, 15) is 9.59 Å². The Morgan fingerprint density at radius 1 is 1.17 bits per heavy atom. The Hall–Kier alpha value is -1.10. The molecule has 4 nitrogen and oxygen atoms in total. The van der Waals surface area contributed by atoms with Crippen molar-refractivity contribution in [1.29, 1.82) is 0 Å². The molecule has 0 radical (unpaired) electrons. The van der Waals surface area contributed by atoms with Crippen molar-refractivity contribution in [3.8, 4) is 0 Å². The van der Waals surface area contributed by atoms with Crippen LogP contribution in [0, 0.1) is 5.92 Å². The first-order valence-electron chi connectivity index (χ1n) is 8.37. The number of ketones is 1. The summed E-state index contributed by atoms with van der Waals surface area (Å²) in [6.45, 7) is 5.75. The maximum absolute atomic E-state index is 12.2. The summed E-state index contributed by atoms with van der Waals surface area (Å²) in [5, 5.41) is 3.98. The zero-order valence-electron chi connectivity index (χ0n) is 14.1. The highest BCUT2D eigenvalue weighted by Crippen LogP contribution is 2.18. The Kier molecular flexibility index (Phi) is 9.34. The van der Waals surface area contributed by atoms with Gasteiger partial charge < -0.3 is 10.2 Å². The largest absolute Gasteiger partial charge is 0.343 e. The van der Waals surface area contributed by atoms with E-state index in [0.717, 1.165) is 39.0 Å². The van der Waals surface area contributed by atoms with Crippen LogP contribution in [0.5, 0.6) is 0 Å². The number of hydrogen-bond donors (Lipinski definition) is 1. The summed E-state index contributed by atoms with van der Waals surface area (Å²) in [4.78, 5) is 26.2. The third-order valence-electron chi connectivity index (χ3n) is 4.38. The lowest BCUT2D eigenvalue weighted by molar-refractivity contribution is -0.132. The molecule has 0 aromatic heterocycles. The van der Waals surface area contributed by atoms with Crippen molar-refractivity contribution in [3.05, 3.63) is 34.9 Å². The van der Waals surface area contributed by atoms with Crippen LogP contribution in [0.2, 0.25) is 5.02 Å². The number of hydrogen-bond acceptors (Lipinski definition) is 3. The molecule has 1 aliphatic heterocycles.